The first-order valence-corrected chi connectivity index (χ1v) is 8.32. The first kappa shape index (κ1) is 18.0. The number of hydrogen-bond donors (Lipinski definition) is 3. The van der Waals surface area contributed by atoms with Gasteiger partial charge in [0.15, 0.2) is 0 Å². The highest BCUT2D eigenvalue weighted by Gasteiger charge is 2.12. The SMILES string of the molecule is C[C@H](CO)Nc1nc(Nc2c(F)cccc2Cl)cc(-c2cccnc2)n1. The monoisotopic (exact) mass is 373 g/mol. The Labute approximate surface area is 155 Å². The van der Waals surface area contributed by atoms with Crippen LogP contribution in [0.3, 0.4) is 0 Å². The van der Waals surface area contributed by atoms with Gasteiger partial charge in [-0.25, -0.2) is 9.37 Å². The average Bonchev–Trinajstić information content (AvgIpc) is 2.65. The lowest BCUT2D eigenvalue weighted by molar-refractivity contribution is 0.281. The van der Waals surface area contributed by atoms with Crippen molar-refractivity contribution in [3.63, 3.8) is 0 Å². The first-order chi connectivity index (χ1) is 12.6. The van der Waals surface area contributed by atoms with Crippen molar-refractivity contribution in [3.8, 4) is 11.3 Å². The molecular formula is C18H17ClFN5O. The topological polar surface area (TPSA) is 83.0 Å². The maximum absolute atomic E-state index is 14.1. The second-order valence-corrected chi connectivity index (χ2v) is 6.06. The van der Waals surface area contributed by atoms with E-state index in [0.717, 1.165) is 5.56 Å². The number of pyridine rings is 1. The lowest BCUT2D eigenvalue weighted by atomic mass is 10.2. The average molecular weight is 374 g/mol. The van der Waals surface area contributed by atoms with E-state index in [1.54, 1.807) is 37.5 Å². The molecule has 3 aromatic rings. The van der Waals surface area contributed by atoms with Crippen molar-refractivity contribution >= 4 is 29.1 Å². The third kappa shape index (κ3) is 4.25. The zero-order chi connectivity index (χ0) is 18.5. The summed E-state index contributed by atoms with van der Waals surface area (Å²) in [6.07, 6.45) is 3.33. The molecule has 3 N–H and O–H groups in total. The summed E-state index contributed by atoms with van der Waals surface area (Å²) < 4.78 is 14.1. The summed E-state index contributed by atoms with van der Waals surface area (Å²) in [6, 6.07) is 9.50. The Bertz CT molecular complexity index is 874. The Morgan fingerprint density at radius 1 is 1.23 bits per heavy atom. The van der Waals surface area contributed by atoms with Crippen molar-refractivity contribution < 1.29 is 9.50 Å². The predicted octanol–water partition coefficient (Wildman–Crippen LogP) is 3.87. The van der Waals surface area contributed by atoms with Gasteiger partial charge in [0, 0.05) is 30.1 Å². The van der Waals surface area contributed by atoms with E-state index in [2.05, 4.69) is 25.6 Å². The van der Waals surface area contributed by atoms with E-state index in [0.29, 0.717) is 17.5 Å². The smallest absolute Gasteiger partial charge is 0.225 e. The number of rotatable bonds is 6. The van der Waals surface area contributed by atoms with Gasteiger partial charge in [-0.2, -0.15) is 4.98 Å². The minimum absolute atomic E-state index is 0.0810. The molecule has 6 nitrogen and oxygen atoms in total. The summed E-state index contributed by atoms with van der Waals surface area (Å²) in [5, 5.41) is 15.4. The second kappa shape index (κ2) is 8.07. The number of aliphatic hydroxyl groups excluding tert-OH is 1. The number of nitrogens with zero attached hydrogens (tertiary/aromatic N) is 3. The summed E-state index contributed by atoms with van der Waals surface area (Å²) in [4.78, 5) is 12.9. The van der Waals surface area contributed by atoms with E-state index < -0.39 is 5.82 Å². The number of nitrogens with one attached hydrogen (secondary N) is 2. The van der Waals surface area contributed by atoms with Crippen LogP contribution in [0.5, 0.6) is 0 Å². The maximum atomic E-state index is 14.1. The Balaban J connectivity index is 2.02. The third-order valence-corrected chi connectivity index (χ3v) is 3.86. The fraction of sp³-hybridized carbons (Fsp3) is 0.167. The Morgan fingerprint density at radius 3 is 2.77 bits per heavy atom. The van der Waals surface area contributed by atoms with Gasteiger partial charge in [0.1, 0.15) is 11.6 Å². The van der Waals surface area contributed by atoms with Crippen molar-refractivity contribution in [1.82, 2.24) is 15.0 Å². The molecular weight excluding hydrogens is 357 g/mol. The van der Waals surface area contributed by atoms with Gasteiger partial charge in [0.25, 0.3) is 0 Å². The fourth-order valence-corrected chi connectivity index (χ4v) is 2.46. The van der Waals surface area contributed by atoms with E-state index in [9.17, 15) is 9.50 Å². The molecule has 0 amide bonds. The van der Waals surface area contributed by atoms with E-state index in [4.69, 9.17) is 11.6 Å². The van der Waals surface area contributed by atoms with Gasteiger partial charge in [-0.15, -0.1) is 0 Å². The van der Waals surface area contributed by atoms with Gasteiger partial charge in [-0.3, -0.25) is 4.98 Å². The highest BCUT2D eigenvalue weighted by atomic mass is 35.5. The third-order valence-electron chi connectivity index (χ3n) is 3.55. The molecule has 0 aliphatic heterocycles. The van der Waals surface area contributed by atoms with Gasteiger partial charge in [-0.1, -0.05) is 17.7 Å². The molecule has 8 heteroatoms. The number of halogens is 2. The van der Waals surface area contributed by atoms with Gasteiger partial charge < -0.3 is 15.7 Å². The molecule has 1 aromatic carbocycles. The van der Waals surface area contributed by atoms with Gasteiger partial charge in [0.05, 0.1) is 23.0 Å². The van der Waals surface area contributed by atoms with Crippen molar-refractivity contribution in [3.05, 3.63) is 59.6 Å². The van der Waals surface area contributed by atoms with Crippen LogP contribution in [0.4, 0.5) is 21.8 Å². The largest absolute Gasteiger partial charge is 0.394 e. The number of hydrogen-bond acceptors (Lipinski definition) is 6. The Morgan fingerprint density at radius 2 is 2.08 bits per heavy atom. The highest BCUT2D eigenvalue weighted by Crippen LogP contribution is 2.29. The summed E-state index contributed by atoms with van der Waals surface area (Å²) in [5.74, 6) is 0.165. The first-order valence-electron chi connectivity index (χ1n) is 7.94. The molecule has 0 spiro atoms. The van der Waals surface area contributed by atoms with Crippen LogP contribution in [-0.4, -0.2) is 32.7 Å². The summed E-state index contributed by atoms with van der Waals surface area (Å²) in [7, 11) is 0. The second-order valence-electron chi connectivity index (χ2n) is 5.65. The van der Waals surface area contributed by atoms with Crippen LogP contribution in [-0.2, 0) is 0 Å². The van der Waals surface area contributed by atoms with E-state index in [-0.39, 0.29) is 23.4 Å². The molecule has 0 aliphatic carbocycles. The molecule has 3 rings (SSSR count). The molecule has 0 fully saturated rings. The molecule has 134 valence electrons. The zero-order valence-corrected chi connectivity index (χ0v) is 14.7. The molecule has 2 heterocycles. The molecule has 0 saturated carbocycles. The van der Waals surface area contributed by atoms with Crippen LogP contribution in [0.2, 0.25) is 5.02 Å². The molecule has 0 unspecified atom stereocenters. The van der Waals surface area contributed by atoms with Crippen LogP contribution >= 0.6 is 11.6 Å². The minimum atomic E-state index is -0.489. The summed E-state index contributed by atoms with van der Waals surface area (Å²) in [5.41, 5.74) is 1.50. The van der Waals surface area contributed by atoms with E-state index >= 15 is 0 Å². The van der Waals surface area contributed by atoms with Crippen molar-refractivity contribution in [2.75, 3.05) is 17.2 Å². The van der Waals surface area contributed by atoms with Crippen molar-refractivity contribution in [2.45, 2.75) is 13.0 Å². The quantitative estimate of drug-likeness (QED) is 0.608. The van der Waals surface area contributed by atoms with Crippen LogP contribution in [0.15, 0.2) is 48.8 Å². The maximum Gasteiger partial charge on any atom is 0.225 e. The molecule has 0 radical (unpaired) electrons. The zero-order valence-electron chi connectivity index (χ0n) is 13.9. The number of para-hydroxylation sites is 1. The number of aliphatic hydroxyl groups is 1. The van der Waals surface area contributed by atoms with Crippen molar-refractivity contribution in [2.24, 2.45) is 0 Å². The number of anilines is 3. The molecule has 1 atom stereocenters. The predicted molar refractivity (Wildman–Crippen MR) is 100 cm³/mol. The molecule has 0 aliphatic rings. The highest BCUT2D eigenvalue weighted by molar-refractivity contribution is 6.33. The molecule has 26 heavy (non-hydrogen) atoms. The van der Waals surface area contributed by atoms with Gasteiger partial charge in [0.2, 0.25) is 5.95 Å². The van der Waals surface area contributed by atoms with Crippen molar-refractivity contribution in [1.29, 1.82) is 0 Å². The van der Waals surface area contributed by atoms with Gasteiger partial charge >= 0.3 is 0 Å². The summed E-state index contributed by atoms with van der Waals surface area (Å²) in [6.45, 7) is 1.71. The normalized spacial score (nSPS) is 11.8. The van der Waals surface area contributed by atoms with Crippen LogP contribution < -0.4 is 10.6 Å². The summed E-state index contributed by atoms with van der Waals surface area (Å²) >= 11 is 6.08. The molecule has 0 bridgehead atoms. The van der Waals surface area contributed by atoms with E-state index in [1.807, 2.05) is 6.07 Å². The fourth-order valence-electron chi connectivity index (χ4n) is 2.25. The lowest BCUT2D eigenvalue weighted by Gasteiger charge is -2.15. The number of aromatic nitrogens is 3. The minimum Gasteiger partial charge on any atom is -0.394 e. The van der Waals surface area contributed by atoms with Crippen LogP contribution in [0.25, 0.3) is 11.3 Å². The van der Waals surface area contributed by atoms with Gasteiger partial charge in [-0.05, 0) is 31.2 Å². The Kier molecular flexibility index (Phi) is 5.60. The number of benzene rings is 1. The van der Waals surface area contributed by atoms with E-state index in [1.165, 1.54) is 12.1 Å². The molecule has 2 aromatic heterocycles. The van der Waals surface area contributed by atoms with Crippen LogP contribution in [0, 0.1) is 5.82 Å². The molecule has 0 saturated heterocycles. The standard InChI is InChI=1S/C18H17ClFN5O/c1-11(10-26)22-18-23-15(12-4-3-7-21-9-12)8-16(25-18)24-17-13(19)5-2-6-14(17)20/h2-9,11,26H,10H2,1H3,(H2,22,23,24,25)/t11-/m1/s1. The Hall–Kier alpha value is -2.77. The van der Waals surface area contributed by atoms with Crippen LogP contribution in [0.1, 0.15) is 6.92 Å². The lowest BCUT2D eigenvalue weighted by Crippen LogP contribution is -2.21.